The predicted molar refractivity (Wildman–Crippen MR) is 106 cm³/mol. The molecule has 0 unspecified atom stereocenters. The van der Waals surface area contributed by atoms with Crippen LogP contribution in [0.25, 0.3) is 5.69 Å². The molecule has 0 radical (unpaired) electrons. The molecular formula is C19H25N5OS. The molecular weight excluding hydrogens is 346 g/mol. The average molecular weight is 372 g/mol. The van der Waals surface area contributed by atoms with E-state index in [9.17, 15) is 4.79 Å². The zero-order valence-corrected chi connectivity index (χ0v) is 16.5. The molecule has 0 aliphatic carbocycles. The quantitative estimate of drug-likeness (QED) is 0.789. The van der Waals surface area contributed by atoms with Gasteiger partial charge in [0.25, 0.3) is 5.91 Å². The average Bonchev–Trinajstić information content (AvgIpc) is 3.05. The number of carbonyl (C=O) groups is 1. The van der Waals surface area contributed by atoms with Crippen molar-refractivity contribution in [2.24, 2.45) is 0 Å². The Labute approximate surface area is 159 Å². The van der Waals surface area contributed by atoms with E-state index in [0.29, 0.717) is 11.7 Å². The molecule has 0 saturated carbocycles. The number of benzene rings is 1. The standard InChI is InChI=1S/C19H25N5OS/c1-13-16(14(2)24(21-13)15-9-6-5-7-10-15)17-18(25)23(19(26)20-17)12-8-11-22(3)4/h5-7,9-10,17H,8,11-12H2,1-4H3,(H,20,26)/t17-/m0/s1. The van der Waals surface area contributed by atoms with Crippen molar-refractivity contribution in [3.05, 3.63) is 47.3 Å². The molecule has 1 aromatic carbocycles. The summed E-state index contributed by atoms with van der Waals surface area (Å²) in [6.45, 7) is 5.48. The third kappa shape index (κ3) is 3.50. The molecule has 3 rings (SSSR count). The normalized spacial score (nSPS) is 17.3. The summed E-state index contributed by atoms with van der Waals surface area (Å²) in [5, 5.41) is 8.35. The summed E-state index contributed by atoms with van der Waals surface area (Å²) in [4.78, 5) is 16.8. The van der Waals surface area contributed by atoms with Crippen molar-refractivity contribution in [3.63, 3.8) is 0 Å². The van der Waals surface area contributed by atoms with Crippen molar-refractivity contribution < 1.29 is 4.79 Å². The van der Waals surface area contributed by atoms with E-state index in [1.807, 2.05) is 63.0 Å². The maximum absolute atomic E-state index is 13.0. The van der Waals surface area contributed by atoms with E-state index in [2.05, 4.69) is 15.3 Å². The largest absolute Gasteiger partial charge is 0.347 e. The lowest BCUT2D eigenvalue weighted by molar-refractivity contribution is -0.127. The summed E-state index contributed by atoms with van der Waals surface area (Å²) in [5.41, 5.74) is 3.69. The van der Waals surface area contributed by atoms with Crippen molar-refractivity contribution in [1.29, 1.82) is 0 Å². The van der Waals surface area contributed by atoms with E-state index in [1.165, 1.54) is 0 Å². The van der Waals surface area contributed by atoms with Crippen LogP contribution in [0, 0.1) is 13.8 Å². The second kappa shape index (κ2) is 7.55. The number of hydrogen-bond donors (Lipinski definition) is 1. The maximum atomic E-state index is 13.0. The molecule has 1 aliphatic rings. The molecule has 138 valence electrons. The number of nitrogens with one attached hydrogen (secondary N) is 1. The van der Waals surface area contributed by atoms with E-state index in [0.717, 1.165) is 35.6 Å². The Balaban J connectivity index is 1.85. The number of thiocarbonyl (C=S) groups is 1. The van der Waals surface area contributed by atoms with Crippen LogP contribution in [0.4, 0.5) is 0 Å². The van der Waals surface area contributed by atoms with Gasteiger partial charge >= 0.3 is 0 Å². The lowest BCUT2D eigenvalue weighted by Crippen LogP contribution is -2.33. The van der Waals surface area contributed by atoms with Crippen LogP contribution in [-0.4, -0.2) is 57.8 Å². The minimum absolute atomic E-state index is 0.00701. The Morgan fingerprint density at radius 1 is 1.23 bits per heavy atom. The van der Waals surface area contributed by atoms with E-state index in [-0.39, 0.29) is 5.91 Å². The van der Waals surface area contributed by atoms with E-state index in [1.54, 1.807) is 4.90 Å². The van der Waals surface area contributed by atoms with Gasteiger partial charge in [-0.15, -0.1) is 0 Å². The first-order valence-corrected chi connectivity index (χ1v) is 9.19. The van der Waals surface area contributed by atoms with Crippen molar-refractivity contribution in [1.82, 2.24) is 24.9 Å². The molecule has 1 aliphatic heterocycles. The van der Waals surface area contributed by atoms with Gasteiger partial charge in [0, 0.05) is 17.8 Å². The number of hydrogen-bond acceptors (Lipinski definition) is 4. The van der Waals surface area contributed by atoms with Gasteiger partial charge in [-0.2, -0.15) is 5.10 Å². The van der Waals surface area contributed by atoms with Crippen LogP contribution in [0.2, 0.25) is 0 Å². The fourth-order valence-corrected chi connectivity index (χ4v) is 3.66. The molecule has 1 aromatic heterocycles. The van der Waals surface area contributed by atoms with E-state index >= 15 is 0 Å². The molecule has 0 bridgehead atoms. The number of nitrogens with zero attached hydrogens (tertiary/aromatic N) is 4. The predicted octanol–water partition coefficient (Wildman–Crippen LogP) is 2.20. The van der Waals surface area contributed by atoms with Crippen LogP contribution in [0.5, 0.6) is 0 Å². The Hall–Kier alpha value is -2.25. The SMILES string of the molecule is Cc1nn(-c2ccccc2)c(C)c1[C@@H]1NC(=S)N(CCCN(C)C)C1=O. The van der Waals surface area contributed by atoms with Crippen LogP contribution in [0.1, 0.15) is 29.4 Å². The van der Waals surface area contributed by atoms with Crippen LogP contribution >= 0.6 is 12.2 Å². The molecule has 7 heteroatoms. The van der Waals surface area contributed by atoms with Gasteiger partial charge in [-0.3, -0.25) is 9.69 Å². The monoisotopic (exact) mass is 371 g/mol. The van der Waals surface area contributed by atoms with Crippen LogP contribution in [-0.2, 0) is 4.79 Å². The van der Waals surface area contributed by atoms with Gasteiger partial charge < -0.3 is 10.2 Å². The van der Waals surface area contributed by atoms with Crippen LogP contribution in [0.3, 0.4) is 0 Å². The third-order valence-corrected chi connectivity index (χ3v) is 4.99. The molecule has 1 N–H and O–H groups in total. The second-order valence-electron chi connectivity index (χ2n) is 6.86. The molecule has 1 saturated heterocycles. The maximum Gasteiger partial charge on any atom is 0.256 e. The molecule has 0 spiro atoms. The minimum Gasteiger partial charge on any atom is -0.347 e. The van der Waals surface area contributed by atoms with Gasteiger partial charge in [0.05, 0.1) is 11.4 Å². The summed E-state index contributed by atoms with van der Waals surface area (Å²) < 4.78 is 1.89. The molecule has 1 atom stereocenters. The molecule has 26 heavy (non-hydrogen) atoms. The lowest BCUT2D eigenvalue weighted by atomic mass is 10.0. The number of rotatable bonds is 6. The third-order valence-electron chi connectivity index (χ3n) is 4.65. The molecule has 1 fully saturated rings. The lowest BCUT2D eigenvalue weighted by Gasteiger charge is -2.16. The summed E-state index contributed by atoms with van der Waals surface area (Å²) in [5.74, 6) is 0.00701. The fourth-order valence-electron chi connectivity index (χ4n) is 3.36. The summed E-state index contributed by atoms with van der Waals surface area (Å²) >= 11 is 5.41. The highest BCUT2D eigenvalue weighted by molar-refractivity contribution is 7.80. The van der Waals surface area contributed by atoms with E-state index in [4.69, 9.17) is 12.2 Å². The van der Waals surface area contributed by atoms with Crippen LogP contribution < -0.4 is 5.32 Å². The first kappa shape index (κ1) is 18.5. The Morgan fingerprint density at radius 2 is 1.92 bits per heavy atom. The van der Waals surface area contributed by atoms with Crippen molar-refractivity contribution in [2.45, 2.75) is 26.3 Å². The Bertz CT molecular complexity index is 815. The van der Waals surface area contributed by atoms with Gasteiger partial charge in [-0.05, 0) is 65.3 Å². The zero-order chi connectivity index (χ0) is 18.8. The fraction of sp³-hybridized carbons (Fsp3) is 0.421. The highest BCUT2D eigenvalue weighted by Gasteiger charge is 2.39. The highest BCUT2D eigenvalue weighted by atomic mass is 32.1. The number of aryl methyl sites for hydroxylation is 1. The highest BCUT2D eigenvalue weighted by Crippen LogP contribution is 2.29. The number of para-hydroxylation sites is 1. The Morgan fingerprint density at radius 3 is 2.58 bits per heavy atom. The summed E-state index contributed by atoms with van der Waals surface area (Å²) in [7, 11) is 4.05. The minimum atomic E-state index is -0.459. The molecule has 1 amide bonds. The summed E-state index contributed by atoms with van der Waals surface area (Å²) in [6.07, 6.45) is 0.883. The molecule has 6 nitrogen and oxygen atoms in total. The van der Waals surface area contributed by atoms with Gasteiger partial charge in [0.1, 0.15) is 6.04 Å². The number of aromatic nitrogens is 2. The smallest absolute Gasteiger partial charge is 0.256 e. The topological polar surface area (TPSA) is 53.4 Å². The van der Waals surface area contributed by atoms with Gasteiger partial charge in [-0.25, -0.2) is 4.68 Å². The van der Waals surface area contributed by atoms with Crippen molar-refractivity contribution in [2.75, 3.05) is 27.2 Å². The molecule has 2 heterocycles. The number of carbonyl (C=O) groups excluding carboxylic acids is 1. The molecule has 2 aromatic rings. The second-order valence-corrected chi connectivity index (χ2v) is 7.25. The van der Waals surface area contributed by atoms with Crippen molar-refractivity contribution in [3.8, 4) is 5.69 Å². The first-order valence-electron chi connectivity index (χ1n) is 8.78. The zero-order valence-electron chi connectivity index (χ0n) is 15.7. The first-order chi connectivity index (χ1) is 12.4. The Kier molecular flexibility index (Phi) is 5.38. The van der Waals surface area contributed by atoms with Crippen molar-refractivity contribution >= 4 is 23.2 Å². The van der Waals surface area contributed by atoms with E-state index < -0.39 is 6.04 Å². The van der Waals surface area contributed by atoms with Crippen LogP contribution in [0.15, 0.2) is 30.3 Å². The van der Waals surface area contributed by atoms with Gasteiger partial charge in [0.2, 0.25) is 0 Å². The number of amides is 1. The summed E-state index contributed by atoms with van der Waals surface area (Å²) in [6, 6.07) is 9.48. The van der Waals surface area contributed by atoms with Gasteiger partial charge in [-0.1, -0.05) is 18.2 Å². The van der Waals surface area contributed by atoms with Gasteiger partial charge in [0.15, 0.2) is 5.11 Å².